The van der Waals surface area contributed by atoms with Crippen LogP contribution in [0.25, 0.3) is 0 Å². The Morgan fingerprint density at radius 3 is 2.88 bits per heavy atom. The van der Waals surface area contributed by atoms with E-state index in [-0.39, 0.29) is 5.97 Å². The summed E-state index contributed by atoms with van der Waals surface area (Å²) in [5.41, 5.74) is 5.08. The fraction of sp³-hybridized carbons (Fsp3) is 0.917. The van der Waals surface area contributed by atoms with Crippen molar-refractivity contribution in [3.8, 4) is 0 Å². The number of rotatable bonds is 6. The number of methoxy groups -OCH3 is 1. The molecule has 0 aliphatic carbocycles. The number of carbonyl (C=O) groups excluding carboxylic acids is 1. The quantitative estimate of drug-likeness (QED) is 0.678. The summed E-state index contributed by atoms with van der Waals surface area (Å²) in [6, 6.07) is 0. The van der Waals surface area contributed by atoms with E-state index in [1.165, 1.54) is 0 Å². The Morgan fingerprint density at radius 2 is 2.29 bits per heavy atom. The first-order valence-corrected chi connectivity index (χ1v) is 6.17. The van der Waals surface area contributed by atoms with Gasteiger partial charge in [0.15, 0.2) is 0 Å². The Bertz CT molecular complexity index is 256. The second-order valence-electron chi connectivity index (χ2n) is 4.98. The summed E-state index contributed by atoms with van der Waals surface area (Å²) in [5, 5.41) is 0. The third-order valence-corrected chi connectivity index (χ3v) is 3.07. The van der Waals surface area contributed by atoms with Gasteiger partial charge in [-0.05, 0) is 32.7 Å². The van der Waals surface area contributed by atoms with Gasteiger partial charge in [-0.15, -0.1) is 0 Å². The van der Waals surface area contributed by atoms with Crippen LogP contribution < -0.4 is 5.73 Å². The molecule has 1 fully saturated rings. The van der Waals surface area contributed by atoms with Crippen LogP contribution in [0, 0.1) is 5.92 Å². The van der Waals surface area contributed by atoms with Crippen molar-refractivity contribution in [3.05, 3.63) is 0 Å². The van der Waals surface area contributed by atoms with Crippen LogP contribution in [0.4, 0.5) is 0 Å². The Morgan fingerprint density at radius 1 is 1.59 bits per heavy atom. The summed E-state index contributed by atoms with van der Waals surface area (Å²) in [4.78, 5) is 13.9. The van der Waals surface area contributed by atoms with Crippen molar-refractivity contribution in [2.75, 3.05) is 40.0 Å². The number of hydrogen-bond donors (Lipinski definition) is 1. The predicted octanol–water partition coefficient (Wildman–Crippen LogP) is 0.235. The molecule has 2 atom stereocenters. The zero-order chi connectivity index (χ0) is 12.9. The number of nitrogens with zero attached hydrogens (tertiary/aromatic N) is 1. The van der Waals surface area contributed by atoms with Gasteiger partial charge in [0, 0.05) is 20.2 Å². The van der Waals surface area contributed by atoms with Gasteiger partial charge in [0.05, 0.1) is 13.2 Å². The van der Waals surface area contributed by atoms with Gasteiger partial charge in [-0.3, -0.25) is 4.79 Å². The molecule has 0 radical (unpaired) electrons. The minimum atomic E-state index is -0.919. The SMILES string of the molecule is CCOC(=O)C(C)(N)CN1CCC(COC)C1. The highest BCUT2D eigenvalue weighted by Gasteiger charge is 2.34. The van der Waals surface area contributed by atoms with Crippen LogP contribution in [0.1, 0.15) is 20.3 Å². The monoisotopic (exact) mass is 244 g/mol. The highest BCUT2D eigenvalue weighted by atomic mass is 16.5. The van der Waals surface area contributed by atoms with Gasteiger partial charge < -0.3 is 20.1 Å². The highest BCUT2D eigenvalue weighted by Crippen LogP contribution is 2.18. The third-order valence-electron chi connectivity index (χ3n) is 3.07. The molecule has 0 aromatic rings. The molecule has 5 heteroatoms. The lowest BCUT2D eigenvalue weighted by Gasteiger charge is -2.27. The Kier molecular flexibility index (Phi) is 5.36. The number of carbonyl (C=O) groups is 1. The topological polar surface area (TPSA) is 64.8 Å². The summed E-state index contributed by atoms with van der Waals surface area (Å²) in [7, 11) is 1.72. The lowest BCUT2D eigenvalue weighted by Crippen LogP contribution is -2.54. The Labute approximate surface area is 103 Å². The minimum Gasteiger partial charge on any atom is -0.465 e. The maximum atomic E-state index is 11.7. The van der Waals surface area contributed by atoms with E-state index in [0.717, 1.165) is 26.1 Å². The van der Waals surface area contributed by atoms with Crippen LogP contribution in [0.15, 0.2) is 0 Å². The molecule has 1 aliphatic rings. The third kappa shape index (κ3) is 4.26. The molecular weight excluding hydrogens is 220 g/mol. The summed E-state index contributed by atoms with van der Waals surface area (Å²) < 4.78 is 10.1. The second-order valence-corrected chi connectivity index (χ2v) is 4.98. The zero-order valence-corrected chi connectivity index (χ0v) is 11.1. The average molecular weight is 244 g/mol. The molecule has 0 aromatic heterocycles. The zero-order valence-electron chi connectivity index (χ0n) is 11.1. The van der Waals surface area contributed by atoms with Gasteiger partial charge in [0.25, 0.3) is 0 Å². The van der Waals surface area contributed by atoms with E-state index in [1.807, 2.05) is 0 Å². The molecule has 5 nitrogen and oxygen atoms in total. The van der Waals surface area contributed by atoms with Gasteiger partial charge >= 0.3 is 5.97 Å². The van der Waals surface area contributed by atoms with Gasteiger partial charge in [-0.2, -0.15) is 0 Å². The first-order valence-electron chi connectivity index (χ1n) is 6.17. The molecule has 1 rings (SSSR count). The van der Waals surface area contributed by atoms with Crippen LogP contribution in [-0.4, -0.2) is 56.4 Å². The number of nitrogens with two attached hydrogens (primary N) is 1. The first-order chi connectivity index (χ1) is 7.99. The van der Waals surface area contributed by atoms with E-state index in [9.17, 15) is 4.79 Å². The van der Waals surface area contributed by atoms with E-state index in [1.54, 1.807) is 21.0 Å². The molecule has 17 heavy (non-hydrogen) atoms. The van der Waals surface area contributed by atoms with Gasteiger partial charge in [-0.25, -0.2) is 0 Å². The van der Waals surface area contributed by atoms with Crippen molar-refractivity contribution < 1.29 is 14.3 Å². The molecule has 1 aliphatic heterocycles. The van der Waals surface area contributed by atoms with E-state index < -0.39 is 5.54 Å². The van der Waals surface area contributed by atoms with Crippen LogP contribution in [-0.2, 0) is 14.3 Å². The molecule has 0 saturated carbocycles. The van der Waals surface area contributed by atoms with Gasteiger partial charge in [-0.1, -0.05) is 0 Å². The second kappa shape index (κ2) is 6.33. The van der Waals surface area contributed by atoms with E-state index in [0.29, 0.717) is 19.1 Å². The van der Waals surface area contributed by atoms with Crippen LogP contribution in [0.2, 0.25) is 0 Å². The highest BCUT2D eigenvalue weighted by molar-refractivity contribution is 5.80. The van der Waals surface area contributed by atoms with Crippen molar-refractivity contribution in [2.24, 2.45) is 11.7 Å². The fourth-order valence-electron chi connectivity index (χ4n) is 2.25. The molecular formula is C12H24N2O3. The minimum absolute atomic E-state index is 0.324. The number of esters is 1. The first kappa shape index (κ1) is 14.4. The molecule has 2 N–H and O–H groups in total. The fourth-order valence-corrected chi connectivity index (χ4v) is 2.25. The van der Waals surface area contributed by atoms with E-state index in [2.05, 4.69) is 4.90 Å². The van der Waals surface area contributed by atoms with E-state index in [4.69, 9.17) is 15.2 Å². The molecule has 2 unspecified atom stereocenters. The molecule has 1 saturated heterocycles. The smallest absolute Gasteiger partial charge is 0.327 e. The number of ether oxygens (including phenoxy) is 2. The summed E-state index contributed by atoms with van der Waals surface area (Å²) in [6.07, 6.45) is 1.10. The standard InChI is InChI=1S/C12H24N2O3/c1-4-17-11(15)12(2,13)9-14-6-5-10(7-14)8-16-3/h10H,4-9,13H2,1-3H3. The normalized spacial score (nSPS) is 24.6. The molecule has 0 amide bonds. The van der Waals surface area contributed by atoms with Crippen molar-refractivity contribution >= 4 is 5.97 Å². The number of hydrogen-bond acceptors (Lipinski definition) is 5. The van der Waals surface area contributed by atoms with Crippen LogP contribution >= 0.6 is 0 Å². The lowest BCUT2D eigenvalue weighted by molar-refractivity contribution is -0.149. The largest absolute Gasteiger partial charge is 0.465 e. The average Bonchev–Trinajstić information content (AvgIpc) is 2.66. The van der Waals surface area contributed by atoms with Gasteiger partial charge in [0.2, 0.25) is 0 Å². The van der Waals surface area contributed by atoms with Gasteiger partial charge in [0.1, 0.15) is 5.54 Å². The van der Waals surface area contributed by atoms with Crippen LogP contribution in [0.5, 0.6) is 0 Å². The van der Waals surface area contributed by atoms with Crippen LogP contribution in [0.3, 0.4) is 0 Å². The number of likely N-dealkylation sites (tertiary alicyclic amines) is 1. The molecule has 0 aromatic carbocycles. The van der Waals surface area contributed by atoms with Crippen molar-refractivity contribution in [2.45, 2.75) is 25.8 Å². The molecule has 1 heterocycles. The summed E-state index contributed by atoms with van der Waals surface area (Å²) in [5.74, 6) is 0.230. The predicted molar refractivity (Wildman–Crippen MR) is 65.6 cm³/mol. The molecule has 0 bridgehead atoms. The van der Waals surface area contributed by atoms with Crippen molar-refractivity contribution in [1.29, 1.82) is 0 Å². The Balaban J connectivity index is 2.41. The van der Waals surface area contributed by atoms with E-state index >= 15 is 0 Å². The molecule has 100 valence electrons. The van der Waals surface area contributed by atoms with Crippen molar-refractivity contribution in [3.63, 3.8) is 0 Å². The maximum absolute atomic E-state index is 11.7. The maximum Gasteiger partial charge on any atom is 0.327 e. The lowest BCUT2D eigenvalue weighted by atomic mass is 10.0. The molecule has 0 spiro atoms. The Hall–Kier alpha value is -0.650. The summed E-state index contributed by atoms with van der Waals surface area (Å²) >= 11 is 0. The summed E-state index contributed by atoms with van der Waals surface area (Å²) in [6.45, 7) is 7.13. The van der Waals surface area contributed by atoms with Crippen molar-refractivity contribution in [1.82, 2.24) is 4.90 Å².